The van der Waals surface area contributed by atoms with Crippen LogP contribution in [0.2, 0.25) is 0 Å². The smallest absolute Gasteiger partial charge is 0.148 e. The van der Waals surface area contributed by atoms with Gasteiger partial charge in [0.15, 0.2) is 0 Å². The van der Waals surface area contributed by atoms with Crippen molar-refractivity contribution in [3.05, 3.63) is 29.8 Å². The molecule has 1 atom stereocenters. The fourth-order valence-corrected chi connectivity index (χ4v) is 3.96. The summed E-state index contributed by atoms with van der Waals surface area (Å²) in [7, 11) is -1.20. The van der Waals surface area contributed by atoms with Crippen LogP contribution in [0.5, 0.6) is 0 Å². The van der Waals surface area contributed by atoms with Crippen molar-refractivity contribution in [2.75, 3.05) is 5.75 Å². The second-order valence-electron chi connectivity index (χ2n) is 7.07. The van der Waals surface area contributed by atoms with E-state index in [0.717, 1.165) is 30.6 Å². The van der Waals surface area contributed by atoms with Gasteiger partial charge in [-0.2, -0.15) is 0 Å². The summed E-state index contributed by atoms with van der Waals surface area (Å²) in [5.41, 5.74) is 1.32. The van der Waals surface area contributed by atoms with E-state index < -0.39 is 10.8 Å². The van der Waals surface area contributed by atoms with Crippen molar-refractivity contribution in [1.82, 2.24) is 0 Å². The van der Waals surface area contributed by atoms with E-state index in [1.165, 1.54) is 12.0 Å². The lowest BCUT2D eigenvalue weighted by Crippen LogP contribution is -2.23. The molecule has 0 radical (unpaired) electrons. The standard InChI is InChI=1S/C18H26O2S/c1-18(2,3)15-9-11-16(12-10-15)21(20)13-17(19)14-7-5-4-6-8-14/h9-12,14H,4-8,13H2,1-3H3. The van der Waals surface area contributed by atoms with Crippen molar-refractivity contribution in [1.29, 1.82) is 0 Å². The van der Waals surface area contributed by atoms with Crippen LogP contribution in [0.4, 0.5) is 0 Å². The number of hydrogen-bond donors (Lipinski definition) is 0. The summed E-state index contributed by atoms with van der Waals surface area (Å²) < 4.78 is 12.3. The van der Waals surface area contributed by atoms with Gasteiger partial charge in [-0.1, -0.05) is 52.2 Å². The summed E-state index contributed by atoms with van der Waals surface area (Å²) in [5.74, 6) is 0.518. The lowest BCUT2D eigenvalue weighted by atomic mass is 9.87. The third kappa shape index (κ3) is 4.50. The zero-order valence-electron chi connectivity index (χ0n) is 13.4. The first-order valence-corrected chi connectivity index (χ1v) is 9.21. The summed E-state index contributed by atoms with van der Waals surface area (Å²) in [6.07, 6.45) is 5.49. The molecule has 1 aromatic carbocycles. The molecule has 0 aromatic heterocycles. The van der Waals surface area contributed by atoms with Crippen LogP contribution in [-0.2, 0) is 21.0 Å². The van der Waals surface area contributed by atoms with Crippen LogP contribution < -0.4 is 0 Å². The third-order valence-electron chi connectivity index (χ3n) is 4.32. The normalized spacial score (nSPS) is 18.4. The molecule has 0 spiro atoms. The van der Waals surface area contributed by atoms with E-state index in [9.17, 15) is 9.00 Å². The number of carbonyl (C=O) groups excluding carboxylic acids is 1. The van der Waals surface area contributed by atoms with E-state index in [1.54, 1.807) is 0 Å². The molecule has 0 aliphatic heterocycles. The largest absolute Gasteiger partial charge is 0.298 e. The molecule has 0 bridgehead atoms. The molecule has 1 saturated carbocycles. The molecule has 2 nitrogen and oxygen atoms in total. The highest BCUT2D eigenvalue weighted by Gasteiger charge is 2.23. The van der Waals surface area contributed by atoms with Gasteiger partial charge < -0.3 is 0 Å². The van der Waals surface area contributed by atoms with E-state index in [4.69, 9.17) is 0 Å². The Balaban J connectivity index is 1.98. The Morgan fingerprint density at radius 1 is 1.10 bits per heavy atom. The van der Waals surface area contributed by atoms with Gasteiger partial charge in [0, 0.05) is 10.8 Å². The van der Waals surface area contributed by atoms with Gasteiger partial charge in [-0.3, -0.25) is 9.00 Å². The number of Topliss-reactive ketones (excluding diaryl/α,β-unsaturated/α-hetero) is 1. The molecule has 21 heavy (non-hydrogen) atoms. The summed E-state index contributed by atoms with van der Waals surface area (Å²) in [6, 6.07) is 7.87. The fraction of sp³-hybridized carbons (Fsp3) is 0.611. The monoisotopic (exact) mass is 306 g/mol. The highest BCUT2D eigenvalue weighted by Crippen LogP contribution is 2.26. The van der Waals surface area contributed by atoms with E-state index >= 15 is 0 Å². The Hall–Kier alpha value is -0.960. The predicted molar refractivity (Wildman–Crippen MR) is 88.0 cm³/mol. The molecule has 2 rings (SSSR count). The minimum absolute atomic E-state index is 0.0952. The second kappa shape index (κ2) is 6.87. The zero-order valence-corrected chi connectivity index (χ0v) is 14.2. The van der Waals surface area contributed by atoms with Crippen LogP contribution in [0.1, 0.15) is 58.4 Å². The van der Waals surface area contributed by atoms with Crippen molar-refractivity contribution in [2.45, 2.75) is 63.2 Å². The first-order valence-electron chi connectivity index (χ1n) is 7.89. The van der Waals surface area contributed by atoms with Crippen LogP contribution in [0, 0.1) is 5.92 Å². The minimum Gasteiger partial charge on any atom is -0.298 e. The molecule has 0 heterocycles. The Morgan fingerprint density at radius 3 is 2.19 bits per heavy atom. The van der Waals surface area contributed by atoms with Crippen LogP contribution in [0.25, 0.3) is 0 Å². The summed E-state index contributed by atoms with van der Waals surface area (Å²) in [4.78, 5) is 13.0. The van der Waals surface area contributed by atoms with E-state index in [-0.39, 0.29) is 22.9 Å². The molecular formula is C18H26O2S. The highest BCUT2D eigenvalue weighted by molar-refractivity contribution is 7.85. The van der Waals surface area contributed by atoms with E-state index in [0.29, 0.717) is 0 Å². The average molecular weight is 306 g/mol. The van der Waals surface area contributed by atoms with Crippen LogP contribution in [-0.4, -0.2) is 15.7 Å². The molecule has 0 amide bonds. The number of carbonyl (C=O) groups is 1. The maximum atomic E-state index is 12.3. The van der Waals surface area contributed by atoms with Gasteiger partial charge in [-0.05, 0) is 36.0 Å². The number of benzene rings is 1. The van der Waals surface area contributed by atoms with Gasteiger partial charge in [0.25, 0.3) is 0 Å². The van der Waals surface area contributed by atoms with Crippen LogP contribution in [0.3, 0.4) is 0 Å². The Bertz CT molecular complexity index is 505. The molecule has 0 N–H and O–H groups in total. The summed E-state index contributed by atoms with van der Waals surface area (Å²) >= 11 is 0. The molecule has 1 aliphatic carbocycles. The SMILES string of the molecule is CC(C)(C)c1ccc(S(=O)CC(=O)C2CCCCC2)cc1. The van der Waals surface area contributed by atoms with Gasteiger partial charge in [0.1, 0.15) is 5.78 Å². The Morgan fingerprint density at radius 2 is 1.67 bits per heavy atom. The van der Waals surface area contributed by atoms with Crippen LogP contribution in [0.15, 0.2) is 29.2 Å². The third-order valence-corrected chi connectivity index (χ3v) is 5.66. The Labute approximate surface area is 130 Å². The lowest BCUT2D eigenvalue weighted by Gasteiger charge is -2.20. The van der Waals surface area contributed by atoms with Gasteiger partial charge >= 0.3 is 0 Å². The topological polar surface area (TPSA) is 34.1 Å². The first kappa shape index (κ1) is 16.4. The second-order valence-corrected chi connectivity index (χ2v) is 8.52. The molecular weight excluding hydrogens is 280 g/mol. The van der Waals surface area contributed by atoms with Gasteiger partial charge in [-0.15, -0.1) is 0 Å². The molecule has 116 valence electrons. The van der Waals surface area contributed by atoms with Crippen molar-refractivity contribution in [2.24, 2.45) is 5.92 Å². The maximum absolute atomic E-state index is 12.3. The molecule has 1 aromatic rings. The van der Waals surface area contributed by atoms with Crippen molar-refractivity contribution in [3.8, 4) is 0 Å². The number of ketones is 1. The number of hydrogen-bond acceptors (Lipinski definition) is 2. The van der Waals surface area contributed by atoms with Gasteiger partial charge in [0.05, 0.1) is 16.6 Å². The molecule has 1 unspecified atom stereocenters. The molecule has 3 heteroatoms. The molecule has 1 aliphatic rings. The molecule has 0 saturated heterocycles. The molecule has 1 fully saturated rings. The lowest BCUT2D eigenvalue weighted by molar-refractivity contribution is -0.121. The van der Waals surface area contributed by atoms with Crippen molar-refractivity contribution < 1.29 is 9.00 Å². The summed E-state index contributed by atoms with van der Waals surface area (Å²) in [6.45, 7) is 6.47. The highest BCUT2D eigenvalue weighted by atomic mass is 32.2. The van der Waals surface area contributed by atoms with E-state index in [1.807, 2.05) is 24.3 Å². The van der Waals surface area contributed by atoms with Crippen molar-refractivity contribution in [3.63, 3.8) is 0 Å². The van der Waals surface area contributed by atoms with Crippen molar-refractivity contribution >= 4 is 16.6 Å². The van der Waals surface area contributed by atoms with Gasteiger partial charge in [0.2, 0.25) is 0 Å². The quantitative estimate of drug-likeness (QED) is 0.833. The summed E-state index contributed by atoms with van der Waals surface area (Å²) in [5, 5.41) is 0. The average Bonchev–Trinajstić information content (AvgIpc) is 2.47. The zero-order chi connectivity index (χ0) is 15.5. The Kier molecular flexibility index (Phi) is 5.37. The maximum Gasteiger partial charge on any atom is 0.148 e. The predicted octanol–water partition coefficient (Wildman–Crippen LogP) is 4.24. The fourth-order valence-electron chi connectivity index (χ4n) is 2.86. The van der Waals surface area contributed by atoms with E-state index in [2.05, 4.69) is 20.8 Å². The van der Waals surface area contributed by atoms with Crippen LogP contribution >= 0.6 is 0 Å². The first-order chi connectivity index (χ1) is 9.88. The number of rotatable bonds is 4. The minimum atomic E-state index is -1.20. The van der Waals surface area contributed by atoms with Gasteiger partial charge in [-0.25, -0.2) is 0 Å².